The molecule has 0 spiro atoms. The van der Waals surface area contributed by atoms with Crippen LogP contribution in [0.5, 0.6) is 0 Å². The number of nitrogens with zero attached hydrogens (tertiary/aromatic N) is 4. The number of sulfonamides is 1. The standard InChI is InChI=1S/C20H22ClFN4O2S2/c1-14-19(20(21)24(2)23-14)30(27,28)26-11-9-25(10-12-26)13-15-7-8-18(29-15)16-5-3-4-6-17(16)22/h3-8H,9-13H2,1-2H3. The van der Waals surface area contributed by atoms with Crippen LogP contribution in [0.25, 0.3) is 10.4 Å². The van der Waals surface area contributed by atoms with Gasteiger partial charge in [-0.25, -0.2) is 12.8 Å². The van der Waals surface area contributed by atoms with Gasteiger partial charge in [-0.05, 0) is 25.1 Å². The molecule has 0 N–H and O–H groups in total. The summed E-state index contributed by atoms with van der Waals surface area (Å²) in [4.78, 5) is 4.32. The Labute approximate surface area is 184 Å². The van der Waals surface area contributed by atoms with E-state index in [4.69, 9.17) is 11.6 Å². The molecule has 0 atom stereocenters. The van der Waals surface area contributed by atoms with Gasteiger partial charge in [0, 0.05) is 55.1 Å². The van der Waals surface area contributed by atoms with Crippen molar-refractivity contribution in [3.63, 3.8) is 0 Å². The molecule has 0 saturated carbocycles. The Hall–Kier alpha value is -1.78. The first-order chi connectivity index (χ1) is 14.3. The normalized spacial score (nSPS) is 16.3. The molecule has 0 aliphatic carbocycles. The Morgan fingerprint density at radius 1 is 1.13 bits per heavy atom. The molecule has 30 heavy (non-hydrogen) atoms. The van der Waals surface area contributed by atoms with Crippen molar-refractivity contribution < 1.29 is 12.8 Å². The fraction of sp³-hybridized carbons (Fsp3) is 0.350. The van der Waals surface area contributed by atoms with Gasteiger partial charge >= 0.3 is 0 Å². The highest BCUT2D eigenvalue weighted by Gasteiger charge is 2.33. The van der Waals surface area contributed by atoms with E-state index in [1.807, 2.05) is 18.2 Å². The van der Waals surface area contributed by atoms with E-state index in [-0.39, 0.29) is 15.9 Å². The molecule has 10 heteroatoms. The zero-order valence-electron chi connectivity index (χ0n) is 16.7. The molecular formula is C20H22ClFN4O2S2. The summed E-state index contributed by atoms with van der Waals surface area (Å²) in [7, 11) is -2.06. The molecule has 160 valence electrons. The molecule has 3 aromatic rings. The Bertz CT molecular complexity index is 1170. The third-order valence-electron chi connectivity index (χ3n) is 5.21. The minimum absolute atomic E-state index is 0.0907. The van der Waals surface area contributed by atoms with E-state index in [9.17, 15) is 12.8 Å². The van der Waals surface area contributed by atoms with Gasteiger partial charge in [0.1, 0.15) is 15.9 Å². The maximum absolute atomic E-state index is 14.0. The van der Waals surface area contributed by atoms with Crippen LogP contribution in [0.4, 0.5) is 4.39 Å². The number of benzene rings is 1. The molecule has 4 rings (SSSR count). The average molecular weight is 469 g/mol. The SMILES string of the molecule is Cc1nn(C)c(Cl)c1S(=O)(=O)N1CCN(Cc2ccc(-c3ccccc3F)s2)CC1. The van der Waals surface area contributed by atoms with E-state index in [2.05, 4.69) is 10.00 Å². The number of rotatable bonds is 5. The topological polar surface area (TPSA) is 58.4 Å². The Balaban J connectivity index is 1.41. The molecule has 1 saturated heterocycles. The van der Waals surface area contributed by atoms with Gasteiger partial charge in [-0.15, -0.1) is 11.3 Å². The highest BCUT2D eigenvalue weighted by Crippen LogP contribution is 2.31. The molecule has 0 unspecified atom stereocenters. The first-order valence-corrected chi connectivity index (χ1v) is 12.2. The van der Waals surface area contributed by atoms with Crippen molar-refractivity contribution in [2.24, 2.45) is 7.05 Å². The fourth-order valence-electron chi connectivity index (χ4n) is 3.65. The summed E-state index contributed by atoms with van der Waals surface area (Å²) in [5.41, 5.74) is 1.01. The van der Waals surface area contributed by atoms with Crippen LogP contribution in [0.3, 0.4) is 0 Å². The highest BCUT2D eigenvalue weighted by molar-refractivity contribution is 7.89. The lowest BCUT2D eigenvalue weighted by molar-refractivity contribution is 0.183. The molecule has 0 bridgehead atoms. The zero-order chi connectivity index (χ0) is 21.5. The number of halogens is 2. The van der Waals surface area contributed by atoms with Crippen LogP contribution in [-0.2, 0) is 23.6 Å². The second-order valence-electron chi connectivity index (χ2n) is 7.25. The van der Waals surface area contributed by atoms with E-state index >= 15 is 0 Å². The predicted molar refractivity (Wildman–Crippen MR) is 117 cm³/mol. The van der Waals surface area contributed by atoms with Crippen molar-refractivity contribution in [2.75, 3.05) is 26.2 Å². The summed E-state index contributed by atoms with van der Waals surface area (Å²) in [6.07, 6.45) is 0. The molecule has 1 aliphatic heterocycles. The fourth-order valence-corrected chi connectivity index (χ4v) is 6.86. The van der Waals surface area contributed by atoms with E-state index in [1.54, 1.807) is 37.4 Å². The molecule has 1 fully saturated rings. The minimum atomic E-state index is -3.68. The lowest BCUT2D eigenvalue weighted by Gasteiger charge is -2.33. The maximum atomic E-state index is 14.0. The number of piperazine rings is 1. The van der Waals surface area contributed by atoms with Crippen LogP contribution in [-0.4, -0.2) is 53.6 Å². The lowest BCUT2D eigenvalue weighted by Crippen LogP contribution is -2.48. The van der Waals surface area contributed by atoms with Crippen LogP contribution in [0, 0.1) is 12.7 Å². The molecule has 0 radical (unpaired) electrons. The Morgan fingerprint density at radius 2 is 1.83 bits per heavy atom. The van der Waals surface area contributed by atoms with Gasteiger partial charge in [-0.1, -0.05) is 29.8 Å². The summed E-state index contributed by atoms with van der Waals surface area (Å²) in [6, 6.07) is 10.7. The second-order valence-corrected chi connectivity index (χ2v) is 10.7. The van der Waals surface area contributed by atoms with Crippen molar-refractivity contribution in [2.45, 2.75) is 18.4 Å². The third-order valence-corrected chi connectivity index (χ3v) is 8.91. The van der Waals surface area contributed by atoms with Gasteiger partial charge in [-0.2, -0.15) is 9.40 Å². The summed E-state index contributed by atoms with van der Waals surface area (Å²) >= 11 is 7.74. The van der Waals surface area contributed by atoms with Crippen molar-refractivity contribution >= 4 is 33.0 Å². The van der Waals surface area contributed by atoms with Crippen LogP contribution in [0.2, 0.25) is 5.15 Å². The van der Waals surface area contributed by atoms with Gasteiger partial charge in [0.05, 0.1) is 5.69 Å². The molecule has 2 aromatic heterocycles. The Morgan fingerprint density at radius 3 is 2.47 bits per heavy atom. The Kier molecular flexibility index (Phi) is 6.00. The molecule has 3 heterocycles. The molecule has 1 aliphatic rings. The van der Waals surface area contributed by atoms with E-state index in [1.165, 1.54) is 15.1 Å². The van der Waals surface area contributed by atoms with E-state index in [0.717, 1.165) is 9.75 Å². The van der Waals surface area contributed by atoms with E-state index < -0.39 is 10.0 Å². The number of thiophene rings is 1. The smallest absolute Gasteiger partial charge is 0.248 e. The quantitative estimate of drug-likeness (QED) is 0.572. The van der Waals surface area contributed by atoms with Gasteiger partial charge in [0.25, 0.3) is 0 Å². The summed E-state index contributed by atoms with van der Waals surface area (Å²) in [5, 5.41) is 4.25. The summed E-state index contributed by atoms with van der Waals surface area (Å²) < 4.78 is 42.9. The van der Waals surface area contributed by atoms with Crippen LogP contribution < -0.4 is 0 Å². The number of hydrogen-bond donors (Lipinski definition) is 0. The second kappa shape index (κ2) is 8.39. The lowest BCUT2D eigenvalue weighted by atomic mass is 10.2. The van der Waals surface area contributed by atoms with Crippen molar-refractivity contribution in [1.82, 2.24) is 19.0 Å². The number of aryl methyl sites for hydroxylation is 2. The largest absolute Gasteiger partial charge is 0.296 e. The summed E-state index contributed by atoms with van der Waals surface area (Å²) in [6.45, 7) is 4.36. The van der Waals surface area contributed by atoms with Crippen LogP contribution in [0.1, 0.15) is 10.6 Å². The highest BCUT2D eigenvalue weighted by atomic mass is 35.5. The van der Waals surface area contributed by atoms with E-state index in [0.29, 0.717) is 44.0 Å². The van der Waals surface area contributed by atoms with Gasteiger partial charge in [0.2, 0.25) is 10.0 Å². The van der Waals surface area contributed by atoms with Gasteiger partial charge in [0.15, 0.2) is 0 Å². The van der Waals surface area contributed by atoms with Gasteiger partial charge in [-0.3, -0.25) is 9.58 Å². The predicted octanol–water partition coefficient (Wildman–Crippen LogP) is 3.76. The van der Waals surface area contributed by atoms with Crippen molar-refractivity contribution in [1.29, 1.82) is 0 Å². The van der Waals surface area contributed by atoms with Crippen molar-refractivity contribution in [3.8, 4) is 10.4 Å². The third kappa shape index (κ3) is 4.04. The van der Waals surface area contributed by atoms with Crippen LogP contribution in [0.15, 0.2) is 41.3 Å². The minimum Gasteiger partial charge on any atom is -0.296 e. The molecular weight excluding hydrogens is 447 g/mol. The molecule has 1 aromatic carbocycles. The van der Waals surface area contributed by atoms with Crippen molar-refractivity contribution in [3.05, 3.63) is 57.9 Å². The number of aromatic nitrogens is 2. The average Bonchev–Trinajstić information content (AvgIpc) is 3.26. The zero-order valence-corrected chi connectivity index (χ0v) is 19.1. The summed E-state index contributed by atoms with van der Waals surface area (Å²) in [5.74, 6) is -0.228. The monoisotopic (exact) mass is 468 g/mol. The molecule has 0 amide bonds. The van der Waals surface area contributed by atoms with Crippen LogP contribution >= 0.6 is 22.9 Å². The maximum Gasteiger partial charge on any atom is 0.248 e. The first-order valence-electron chi connectivity index (χ1n) is 9.52. The first kappa shape index (κ1) is 21.5. The molecule has 6 nitrogen and oxygen atoms in total. The van der Waals surface area contributed by atoms with Gasteiger partial charge < -0.3 is 0 Å². The number of hydrogen-bond acceptors (Lipinski definition) is 5.